The Balaban J connectivity index is 1.29. The van der Waals surface area contributed by atoms with Crippen LogP contribution >= 0.6 is 11.9 Å². The van der Waals surface area contributed by atoms with Crippen LogP contribution in [0.3, 0.4) is 0 Å². The Morgan fingerprint density at radius 3 is 2.06 bits per heavy atom. The standard InChI is InChI=1S/C27H27F3N2OS/c28-27(29,30)33-23-14-16-24(17-15-23)34-31-21-8-5-9-22(18-21)32-25-10-3-1-6-19(25)12-13-20-7-2-4-11-26(20)32/h1-4,6-7,10-11,14-17,21-22,31H,5,8-9,12-13,18H2/t21-,22+/m0/s1. The van der Waals surface area contributed by atoms with Crippen LogP contribution in [0.25, 0.3) is 0 Å². The van der Waals surface area contributed by atoms with Gasteiger partial charge in [0.05, 0.1) is 0 Å². The maximum absolute atomic E-state index is 12.4. The van der Waals surface area contributed by atoms with Gasteiger partial charge in [-0.3, -0.25) is 4.72 Å². The molecule has 0 spiro atoms. The van der Waals surface area contributed by atoms with Gasteiger partial charge in [-0.15, -0.1) is 13.2 Å². The lowest BCUT2D eigenvalue weighted by Gasteiger charge is -2.40. The number of nitrogens with one attached hydrogen (secondary N) is 1. The minimum atomic E-state index is -4.67. The van der Waals surface area contributed by atoms with Crippen molar-refractivity contribution in [2.75, 3.05) is 4.90 Å². The molecule has 3 aromatic rings. The number of fused-ring (bicyclic) bond motifs is 2. The van der Waals surface area contributed by atoms with Crippen molar-refractivity contribution in [1.82, 2.24) is 4.72 Å². The molecule has 5 rings (SSSR count). The molecule has 0 radical (unpaired) electrons. The highest BCUT2D eigenvalue weighted by molar-refractivity contribution is 7.97. The lowest BCUT2D eigenvalue weighted by molar-refractivity contribution is -0.274. The zero-order valence-corrected chi connectivity index (χ0v) is 19.5. The Hall–Kier alpha value is -2.64. The maximum atomic E-state index is 12.4. The maximum Gasteiger partial charge on any atom is 0.573 e. The van der Waals surface area contributed by atoms with E-state index in [4.69, 9.17) is 0 Å². The van der Waals surface area contributed by atoms with Gasteiger partial charge in [0, 0.05) is 28.4 Å². The Bertz CT molecular complexity index is 1070. The third kappa shape index (κ3) is 5.36. The molecule has 2 atom stereocenters. The summed E-state index contributed by atoms with van der Waals surface area (Å²) in [4.78, 5) is 3.42. The fraction of sp³-hybridized carbons (Fsp3) is 0.333. The van der Waals surface area contributed by atoms with Crippen molar-refractivity contribution >= 4 is 23.3 Å². The average Bonchev–Trinajstić information content (AvgIpc) is 3.00. The summed E-state index contributed by atoms with van der Waals surface area (Å²) < 4.78 is 44.7. The summed E-state index contributed by atoms with van der Waals surface area (Å²) in [5.74, 6) is -0.201. The van der Waals surface area contributed by atoms with Gasteiger partial charge in [-0.2, -0.15) is 0 Å². The minimum absolute atomic E-state index is 0.201. The Labute approximate surface area is 202 Å². The van der Waals surface area contributed by atoms with E-state index in [1.807, 2.05) is 0 Å². The Morgan fingerprint density at radius 1 is 0.824 bits per heavy atom. The van der Waals surface area contributed by atoms with Crippen molar-refractivity contribution in [1.29, 1.82) is 0 Å². The summed E-state index contributed by atoms with van der Waals surface area (Å²) in [6, 6.07) is 24.2. The normalized spacial score (nSPS) is 20.3. The van der Waals surface area contributed by atoms with E-state index < -0.39 is 6.36 Å². The van der Waals surface area contributed by atoms with Crippen LogP contribution in [-0.2, 0) is 12.8 Å². The molecule has 1 N–H and O–H groups in total. The Morgan fingerprint density at radius 2 is 1.44 bits per heavy atom. The van der Waals surface area contributed by atoms with E-state index >= 15 is 0 Å². The molecule has 1 saturated carbocycles. The number of rotatable bonds is 5. The lowest BCUT2D eigenvalue weighted by atomic mass is 9.89. The smallest absolute Gasteiger partial charge is 0.406 e. The SMILES string of the molecule is FC(F)(F)Oc1ccc(SN[C@H]2CCC[C@@H](N3c4ccccc4CCc4ccccc43)C2)cc1. The lowest BCUT2D eigenvalue weighted by Crippen LogP contribution is -2.41. The number of anilines is 2. The number of halogens is 3. The highest BCUT2D eigenvalue weighted by Crippen LogP contribution is 2.41. The molecule has 1 heterocycles. The molecule has 178 valence electrons. The molecule has 1 aliphatic carbocycles. The molecule has 2 aliphatic rings. The zero-order valence-electron chi connectivity index (χ0n) is 18.7. The van der Waals surface area contributed by atoms with Gasteiger partial charge in [0.2, 0.25) is 0 Å². The van der Waals surface area contributed by atoms with Crippen molar-refractivity contribution < 1.29 is 17.9 Å². The molecule has 0 saturated heterocycles. The van der Waals surface area contributed by atoms with Gasteiger partial charge in [0.15, 0.2) is 0 Å². The van der Waals surface area contributed by atoms with Crippen LogP contribution in [0.5, 0.6) is 5.75 Å². The van der Waals surface area contributed by atoms with Gasteiger partial charge < -0.3 is 9.64 Å². The van der Waals surface area contributed by atoms with E-state index in [1.165, 1.54) is 46.6 Å². The van der Waals surface area contributed by atoms with E-state index in [0.717, 1.165) is 43.4 Å². The highest BCUT2D eigenvalue weighted by atomic mass is 32.2. The number of benzene rings is 3. The zero-order chi connectivity index (χ0) is 23.5. The van der Waals surface area contributed by atoms with Gasteiger partial charge in [0.1, 0.15) is 5.75 Å². The number of nitrogens with zero attached hydrogens (tertiary/aromatic N) is 1. The predicted molar refractivity (Wildman–Crippen MR) is 131 cm³/mol. The number of ether oxygens (including phenoxy) is 1. The molecular weight excluding hydrogens is 457 g/mol. The van der Waals surface area contributed by atoms with Gasteiger partial charge >= 0.3 is 6.36 Å². The fourth-order valence-electron chi connectivity index (χ4n) is 5.07. The summed E-state index contributed by atoms with van der Waals surface area (Å²) in [5.41, 5.74) is 5.41. The monoisotopic (exact) mass is 484 g/mol. The predicted octanol–water partition coefficient (Wildman–Crippen LogP) is 7.43. The van der Waals surface area contributed by atoms with Crippen molar-refractivity contribution in [3.8, 4) is 5.75 Å². The third-order valence-electron chi connectivity index (χ3n) is 6.58. The number of aryl methyl sites for hydroxylation is 2. The van der Waals surface area contributed by atoms with E-state index in [2.05, 4.69) is 62.9 Å². The summed E-state index contributed by atoms with van der Waals surface area (Å²) in [7, 11) is 0. The summed E-state index contributed by atoms with van der Waals surface area (Å²) >= 11 is 1.47. The second-order valence-corrected chi connectivity index (χ2v) is 9.80. The second-order valence-electron chi connectivity index (χ2n) is 8.88. The minimum Gasteiger partial charge on any atom is -0.406 e. The van der Waals surface area contributed by atoms with Crippen LogP contribution in [0.4, 0.5) is 24.5 Å². The van der Waals surface area contributed by atoms with Gasteiger partial charge in [-0.05, 0) is 98.0 Å². The number of para-hydroxylation sites is 2. The fourth-order valence-corrected chi connectivity index (χ4v) is 5.86. The van der Waals surface area contributed by atoms with Crippen molar-refractivity contribution in [2.24, 2.45) is 0 Å². The largest absolute Gasteiger partial charge is 0.573 e. The molecule has 0 amide bonds. The highest BCUT2D eigenvalue weighted by Gasteiger charge is 2.32. The van der Waals surface area contributed by atoms with Crippen LogP contribution in [0.1, 0.15) is 36.8 Å². The van der Waals surface area contributed by atoms with Crippen LogP contribution in [0, 0.1) is 0 Å². The van der Waals surface area contributed by atoms with Gasteiger partial charge in [-0.25, -0.2) is 0 Å². The second kappa shape index (κ2) is 9.92. The molecule has 7 heteroatoms. The van der Waals surface area contributed by atoms with E-state index in [0.29, 0.717) is 12.1 Å². The summed E-state index contributed by atoms with van der Waals surface area (Å²) in [5, 5.41) is 0. The van der Waals surface area contributed by atoms with Crippen LogP contribution in [0.2, 0.25) is 0 Å². The third-order valence-corrected chi connectivity index (χ3v) is 7.54. The molecule has 3 nitrogen and oxygen atoms in total. The quantitative estimate of drug-likeness (QED) is 0.381. The number of alkyl halides is 3. The van der Waals surface area contributed by atoms with Gasteiger partial charge in [-0.1, -0.05) is 36.4 Å². The summed E-state index contributed by atoms with van der Waals surface area (Å²) in [6.45, 7) is 0. The molecule has 3 aromatic carbocycles. The first-order valence-electron chi connectivity index (χ1n) is 11.7. The van der Waals surface area contributed by atoms with Crippen molar-refractivity contribution in [3.63, 3.8) is 0 Å². The first-order chi connectivity index (χ1) is 16.5. The topological polar surface area (TPSA) is 24.5 Å². The van der Waals surface area contributed by atoms with Crippen LogP contribution < -0.4 is 14.4 Å². The first kappa shape index (κ1) is 23.1. The van der Waals surface area contributed by atoms with E-state index in [1.54, 1.807) is 12.1 Å². The Kier molecular flexibility index (Phi) is 6.75. The molecule has 0 bridgehead atoms. The number of hydrogen-bond acceptors (Lipinski definition) is 4. The molecule has 1 aliphatic heterocycles. The molecular formula is C27H27F3N2OS. The molecule has 0 aromatic heterocycles. The van der Waals surface area contributed by atoms with Crippen molar-refractivity contribution in [3.05, 3.63) is 83.9 Å². The number of hydrogen-bond donors (Lipinski definition) is 1. The summed E-state index contributed by atoms with van der Waals surface area (Å²) in [6.07, 6.45) is 1.76. The van der Waals surface area contributed by atoms with Crippen LogP contribution in [-0.4, -0.2) is 18.4 Å². The average molecular weight is 485 g/mol. The molecule has 1 fully saturated rings. The van der Waals surface area contributed by atoms with Crippen molar-refractivity contribution in [2.45, 2.75) is 61.9 Å². The van der Waals surface area contributed by atoms with Crippen LogP contribution in [0.15, 0.2) is 77.7 Å². The van der Waals surface area contributed by atoms with E-state index in [-0.39, 0.29) is 5.75 Å². The molecule has 0 unspecified atom stereocenters. The van der Waals surface area contributed by atoms with Gasteiger partial charge in [0.25, 0.3) is 0 Å². The molecule has 34 heavy (non-hydrogen) atoms. The first-order valence-corrected chi connectivity index (χ1v) is 12.5. The van der Waals surface area contributed by atoms with E-state index in [9.17, 15) is 13.2 Å².